The maximum Gasteiger partial charge on any atom is 0.194 e. The van der Waals surface area contributed by atoms with E-state index in [9.17, 15) is 0 Å². The molecule has 1 aromatic heterocycles. The van der Waals surface area contributed by atoms with Crippen LogP contribution >= 0.6 is 0 Å². The van der Waals surface area contributed by atoms with Crippen molar-refractivity contribution < 1.29 is 4.42 Å². The summed E-state index contributed by atoms with van der Waals surface area (Å²) in [7, 11) is 0. The molecule has 0 amide bonds. The smallest absolute Gasteiger partial charge is 0.194 e. The van der Waals surface area contributed by atoms with Gasteiger partial charge in [0.05, 0.1) is 6.20 Å². The lowest BCUT2D eigenvalue weighted by atomic mass is 10.5. The summed E-state index contributed by atoms with van der Waals surface area (Å²) in [4.78, 5) is 3.81. The summed E-state index contributed by atoms with van der Waals surface area (Å²) in [5, 5.41) is 0. The minimum absolute atomic E-state index is 0.750. The molecular weight excluding hydrogens is 90.1 g/mol. The van der Waals surface area contributed by atoms with Crippen LogP contribution in [0.5, 0.6) is 0 Å². The number of rotatable bonds is 1. The number of nitrogens with zero attached hydrogens (tertiary/aromatic N) is 1. The molecule has 1 aromatic rings. The summed E-state index contributed by atoms with van der Waals surface area (Å²) in [6, 6.07) is 0. The Bertz CT molecular complexity index is 123. The zero-order valence-corrected chi connectivity index (χ0v) is 4.14. The Kier molecular flexibility index (Phi) is 1.11. The fourth-order valence-electron chi connectivity index (χ4n) is 0.383. The minimum atomic E-state index is 0.750. The lowest BCUT2D eigenvalue weighted by molar-refractivity contribution is 0.494. The van der Waals surface area contributed by atoms with E-state index in [4.69, 9.17) is 4.42 Å². The van der Waals surface area contributed by atoms with Crippen LogP contribution in [-0.4, -0.2) is 4.98 Å². The second-order valence-electron chi connectivity index (χ2n) is 1.23. The first-order valence-electron chi connectivity index (χ1n) is 2.24. The van der Waals surface area contributed by atoms with Crippen LogP contribution in [-0.2, 0) is 6.42 Å². The number of aromatic nitrogens is 1. The van der Waals surface area contributed by atoms with Crippen molar-refractivity contribution in [3.63, 3.8) is 0 Å². The van der Waals surface area contributed by atoms with E-state index in [2.05, 4.69) is 11.2 Å². The summed E-state index contributed by atoms with van der Waals surface area (Å²) in [5.41, 5.74) is 0. The van der Waals surface area contributed by atoms with Crippen LogP contribution in [0.1, 0.15) is 12.8 Å². The lowest BCUT2D eigenvalue weighted by Gasteiger charge is -1.77. The van der Waals surface area contributed by atoms with E-state index in [0.29, 0.717) is 0 Å². The van der Waals surface area contributed by atoms with Gasteiger partial charge >= 0.3 is 0 Å². The molecule has 0 aliphatic carbocycles. The van der Waals surface area contributed by atoms with Gasteiger partial charge in [0.25, 0.3) is 0 Å². The highest BCUT2D eigenvalue weighted by molar-refractivity contribution is 4.75. The van der Waals surface area contributed by atoms with Gasteiger partial charge in [0.2, 0.25) is 0 Å². The molecule has 0 aliphatic heterocycles. The zero-order chi connectivity index (χ0) is 5.11. The molecule has 0 saturated heterocycles. The molecule has 2 heteroatoms. The van der Waals surface area contributed by atoms with Crippen molar-refractivity contribution in [3.8, 4) is 0 Å². The minimum Gasteiger partial charge on any atom is -0.437 e. The first-order valence-corrected chi connectivity index (χ1v) is 2.24. The fourth-order valence-corrected chi connectivity index (χ4v) is 0.383. The quantitative estimate of drug-likeness (QED) is 0.522. The van der Waals surface area contributed by atoms with Gasteiger partial charge in [-0.05, 0) is 0 Å². The third-order valence-corrected chi connectivity index (χ3v) is 0.740. The molecule has 0 aliphatic rings. The molecule has 37 valence electrons. The van der Waals surface area contributed by atoms with Crippen molar-refractivity contribution in [2.75, 3.05) is 0 Å². The van der Waals surface area contributed by atoms with Crippen molar-refractivity contribution >= 4 is 0 Å². The van der Waals surface area contributed by atoms with Gasteiger partial charge in [-0.25, -0.2) is 4.98 Å². The maximum atomic E-state index is 4.75. The number of aryl methyl sites for hydroxylation is 1. The standard InChI is InChI=1S/C5H6NO/c1-2-5-6-3-4-7-5/h3H,2H2,1H3. The van der Waals surface area contributed by atoms with Crippen LogP contribution in [0.25, 0.3) is 0 Å². The molecule has 0 N–H and O–H groups in total. The third kappa shape index (κ3) is 0.796. The maximum absolute atomic E-state index is 4.75. The van der Waals surface area contributed by atoms with Gasteiger partial charge in [0.15, 0.2) is 12.2 Å². The molecule has 0 saturated carbocycles. The zero-order valence-electron chi connectivity index (χ0n) is 4.14. The van der Waals surface area contributed by atoms with Gasteiger partial charge in [-0.3, -0.25) is 0 Å². The Balaban J connectivity index is 2.76. The van der Waals surface area contributed by atoms with E-state index in [1.165, 1.54) is 6.20 Å². The third-order valence-electron chi connectivity index (χ3n) is 0.740. The number of oxazole rings is 1. The molecular formula is C5H6NO. The van der Waals surface area contributed by atoms with E-state index < -0.39 is 0 Å². The predicted octanol–water partition coefficient (Wildman–Crippen LogP) is 1.04. The summed E-state index contributed by atoms with van der Waals surface area (Å²) >= 11 is 0. The van der Waals surface area contributed by atoms with Crippen LogP contribution in [0.4, 0.5) is 0 Å². The predicted molar refractivity (Wildman–Crippen MR) is 24.7 cm³/mol. The van der Waals surface area contributed by atoms with Crippen LogP contribution in [0.3, 0.4) is 0 Å². The molecule has 1 rings (SSSR count). The summed E-state index contributed by atoms with van der Waals surface area (Å²) in [5.74, 6) is 0.750. The molecule has 0 fully saturated rings. The Morgan fingerprint density at radius 1 is 2.00 bits per heavy atom. The van der Waals surface area contributed by atoms with Crippen LogP contribution < -0.4 is 0 Å². The van der Waals surface area contributed by atoms with E-state index >= 15 is 0 Å². The van der Waals surface area contributed by atoms with Crippen LogP contribution in [0.2, 0.25) is 0 Å². The highest BCUT2D eigenvalue weighted by Crippen LogP contribution is 1.91. The number of hydrogen-bond donors (Lipinski definition) is 0. The largest absolute Gasteiger partial charge is 0.437 e. The Morgan fingerprint density at radius 3 is 3.14 bits per heavy atom. The molecule has 2 nitrogen and oxygen atoms in total. The highest BCUT2D eigenvalue weighted by Gasteiger charge is 1.87. The van der Waals surface area contributed by atoms with Gasteiger partial charge in [-0.15, -0.1) is 0 Å². The van der Waals surface area contributed by atoms with Crippen LogP contribution in [0.15, 0.2) is 10.6 Å². The molecule has 0 bridgehead atoms. The summed E-state index contributed by atoms with van der Waals surface area (Å²) < 4.78 is 4.75. The average molecular weight is 96.1 g/mol. The monoisotopic (exact) mass is 96.0 g/mol. The van der Waals surface area contributed by atoms with Crippen molar-refractivity contribution in [1.82, 2.24) is 4.98 Å². The molecule has 0 atom stereocenters. The molecule has 1 radical (unpaired) electrons. The van der Waals surface area contributed by atoms with Gasteiger partial charge in [0, 0.05) is 6.42 Å². The Morgan fingerprint density at radius 2 is 2.86 bits per heavy atom. The highest BCUT2D eigenvalue weighted by atomic mass is 16.3. The van der Waals surface area contributed by atoms with E-state index in [0.717, 1.165) is 12.3 Å². The van der Waals surface area contributed by atoms with E-state index in [-0.39, 0.29) is 0 Å². The molecule has 7 heavy (non-hydrogen) atoms. The molecule has 0 aromatic carbocycles. The second kappa shape index (κ2) is 1.78. The fraction of sp³-hybridized carbons (Fsp3) is 0.400. The van der Waals surface area contributed by atoms with Gasteiger partial charge in [-0.2, -0.15) is 0 Å². The van der Waals surface area contributed by atoms with Crippen molar-refractivity contribution in [2.24, 2.45) is 0 Å². The van der Waals surface area contributed by atoms with Crippen molar-refractivity contribution in [2.45, 2.75) is 13.3 Å². The van der Waals surface area contributed by atoms with Gasteiger partial charge < -0.3 is 4.42 Å². The molecule has 0 spiro atoms. The van der Waals surface area contributed by atoms with Crippen molar-refractivity contribution in [3.05, 3.63) is 18.4 Å². The lowest BCUT2D eigenvalue weighted by Crippen LogP contribution is -1.73. The summed E-state index contributed by atoms with van der Waals surface area (Å²) in [6.45, 7) is 1.99. The Hall–Kier alpha value is -0.790. The first-order chi connectivity index (χ1) is 3.43. The second-order valence-corrected chi connectivity index (χ2v) is 1.23. The van der Waals surface area contributed by atoms with Crippen molar-refractivity contribution in [1.29, 1.82) is 0 Å². The summed E-state index contributed by atoms with van der Waals surface area (Å²) in [6.07, 6.45) is 4.87. The van der Waals surface area contributed by atoms with E-state index in [1.807, 2.05) is 6.92 Å². The SMILES string of the molecule is CCc1nc[c]o1. The molecule has 0 unspecified atom stereocenters. The molecule has 1 heterocycles. The first kappa shape index (κ1) is 4.37. The van der Waals surface area contributed by atoms with E-state index in [1.54, 1.807) is 0 Å². The number of hydrogen-bond acceptors (Lipinski definition) is 2. The van der Waals surface area contributed by atoms with Gasteiger partial charge in [-0.1, -0.05) is 6.92 Å². The Labute approximate surface area is 42.2 Å². The van der Waals surface area contributed by atoms with Crippen LogP contribution in [0, 0.1) is 6.26 Å². The average Bonchev–Trinajstić information content (AvgIpc) is 2.14. The van der Waals surface area contributed by atoms with Gasteiger partial charge in [0.1, 0.15) is 0 Å². The topological polar surface area (TPSA) is 26.0 Å². The normalized spacial score (nSPS) is 9.29.